The molecule has 0 rings (SSSR count). The van der Waals surface area contributed by atoms with Gasteiger partial charge in [-0.25, -0.2) is 0 Å². The highest BCUT2D eigenvalue weighted by Crippen LogP contribution is 2.21. The molecule has 0 aromatic carbocycles. The van der Waals surface area contributed by atoms with E-state index in [2.05, 4.69) is 20.8 Å². The van der Waals surface area contributed by atoms with Crippen LogP contribution in [0.3, 0.4) is 0 Å². The van der Waals surface area contributed by atoms with Gasteiger partial charge in [-0.2, -0.15) is 0 Å². The van der Waals surface area contributed by atoms with E-state index in [1.165, 1.54) is 0 Å². The highest BCUT2D eigenvalue weighted by atomic mass is 16.3. The van der Waals surface area contributed by atoms with Crippen molar-refractivity contribution in [1.29, 1.82) is 0 Å². The Labute approximate surface area is 58.1 Å². The summed E-state index contributed by atoms with van der Waals surface area (Å²) in [7, 11) is 0. The quantitative estimate of drug-likeness (QED) is 0.607. The van der Waals surface area contributed by atoms with Gasteiger partial charge in [-0.05, 0) is 18.3 Å². The molecule has 0 aromatic heterocycles. The zero-order chi connectivity index (χ0) is 7.49. The average Bonchev–Trinajstić information content (AvgIpc) is 1.62. The molecule has 0 bridgehead atoms. The second-order valence-corrected chi connectivity index (χ2v) is 3.83. The van der Waals surface area contributed by atoms with Crippen LogP contribution in [0.1, 0.15) is 40.5 Å². The molecular formula is C8H18O. The molecule has 1 nitrogen and oxygen atoms in total. The minimum atomic E-state index is -0.106. The molecule has 1 heteroatoms. The lowest BCUT2D eigenvalue weighted by Crippen LogP contribution is -2.16. The van der Waals surface area contributed by atoms with Crippen LogP contribution in [0.2, 0.25) is 0 Å². The molecule has 0 heterocycles. The van der Waals surface area contributed by atoms with Crippen molar-refractivity contribution in [2.75, 3.05) is 0 Å². The second kappa shape index (κ2) is 3.21. The molecule has 1 N–H and O–H groups in total. The normalized spacial score (nSPS) is 15.7. The summed E-state index contributed by atoms with van der Waals surface area (Å²) < 4.78 is 0. The molecule has 0 aliphatic heterocycles. The van der Waals surface area contributed by atoms with Crippen LogP contribution >= 0.6 is 0 Å². The fraction of sp³-hybridized carbons (Fsp3) is 1.00. The van der Waals surface area contributed by atoms with Gasteiger partial charge in [0.15, 0.2) is 0 Å². The second-order valence-electron chi connectivity index (χ2n) is 3.83. The van der Waals surface area contributed by atoms with Crippen molar-refractivity contribution >= 4 is 0 Å². The van der Waals surface area contributed by atoms with E-state index < -0.39 is 0 Å². The highest BCUT2D eigenvalue weighted by molar-refractivity contribution is 4.66. The largest absolute Gasteiger partial charge is 0.393 e. The Kier molecular flexibility index (Phi) is 3.20. The number of aliphatic hydroxyl groups is 1. The molecule has 56 valence electrons. The van der Waals surface area contributed by atoms with E-state index in [1.807, 2.05) is 6.92 Å². The fourth-order valence-electron chi connectivity index (χ4n) is 0.851. The molecule has 0 fully saturated rings. The fourth-order valence-corrected chi connectivity index (χ4v) is 0.851. The van der Waals surface area contributed by atoms with Crippen molar-refractivity contribution in [1.82, 2.24) is 0 Å². The van der Waals surface area contributed by atoms with Gasteiger partial charge < -0.3 is 5.11 Å². The van der Waals surface area contributed by atoms with Crippen LogP contribution in [0.15, 0.2) is 0 Å². The van der Waals surface area contributed by atoms with Crippen molar-refractivity contribution in [3.63, 3.8) is 0 Å². The van der Waals surface area contributed by atoms with Gasteiger partial charge in [0.25, 0.3) is 0 Å². The Morgan fingerprint density at radius 2 is 1.78 bits per heavy atom. The molecule has 0 amide bonds. The van der Waals surface area contributed by atoms with Gasteiger partial charge in [-0.1, -0.05) is 27.7 Å². The summed E-state index contributed by atoms with van der Waals surface area (Å²) in [5, 5.41) is 9.19. The molecule has 0 aromatic rings. The molecule has 0 aliphatic rings. The van der Waals surface area contributed by atoms with Crippen molar-refractivity contribution in [3.8, 4) is 0 Å². The third kappa shape index (κ3) is 5.84. The van der Waals surface area contributed by atoms with E-state index in [0.717, 1.165) is 12.8 Å². The molecule has 0 saturated carbocycles. The Morgan fingerprint density at radius 3 is 1.89 bits per heavy atom. The predicted octanol–water partition coefficient (Wildman–Crippen LogP) is 2.19. The smallest absolute Gasteiger partial charge is 0.0542 e. The number of hydrogen-bond donors (Lipinski definition) is 1. The highest BCUT2D eigenvalue weighted by Gasteiger charge is 2.14. The average molecular weight is 130 g/mol. The minimum Gasteiger partial charge on any atom is -0.393 e. The first-order valence-corrected chi connectivity index (χ1v) is 3.64. The summed E-state index contributed by atoms with van der Waals surface area (Å²) >= 11 is 0. The predicted molar refractivity (Wildman–Crippen MR) is 40.4 cm³/mol. The third-order valence-corrected chi connectivity index (χ3v) is 1.32. The van der Waals surface area contributed by atoms with Crippen molar-refractivity contribution < 1.29 is 5.11 Å². The Morgan fingerprint density at radius 1 is 1.33 bits per heavy atom. The molecule has 0 saturated heterocycles. The molecule has 1 atom stereocenters. The van der Waals surface area contributed by atoms with Gasteiger partial charge in [0.2, 0.25) is 0 Å². The zero-order valence-corrected chi connectivity index (χ0v) is 6.94. The Balaban J connectivity index is 3.47. The summed E-state index contributed by atoms with van der Waals surface area (Å²) in [5.74, 6) is 0. The van der Waals surface area contributed by atoms with Crippen LogP contribution in [0, 0.1) is 5.41 Å². The van der Waals surface area contributed by atoms with Crippen molar-refractivity contribution in [2.45, 2.75) is 46.6 Å². The maximum atomic E-state index is 9.19. The first kappa shape index (κ1) is 8.96. The van der Waals surface area contributed by atoms with Gasteiger partial charge in [0, 0.05) is 0 Å². The minimum absolute atomic E-state index is 0.106. The van der Waals surface area contributed by atoms with E-state index in [1.54, 1.807) is 0 Å². The van der Waals surface area contributed by atoms with Crippen LogP contribution in [0.25, 0.3) is 0 Å². The standard InChI is InChI=1S/C8H18O/c1-5-7(9)6-8(2,3)4/h7,9H,5-6H2,1-4H3/t7-/m1/s1. The SMILES string of the molecule is CC[C@@H](O)CC(C)(C)C. The van der Waals surface area contributed by atoms with Crippen LogP contribution in [0.5, 0.6) is 0 Å². The van der Waals surface area contributed by atoms with Crippen LogP contribution in [-0.2, 0) is 0 Å². The maximum absolute atomic E-state index is 9.19. The van der Waals surface area contributed by atoms with E-state index in [-0.39, 0.29) is 11.5 Å². The van der Waals surface area contributed by atoms with Crippen molar-refractivity contribution in [3.05, 3.63) is 0 Å². The molecular weight excluding hydrogens is 112 g/mol. The van der Waals surface area contributed by atoms with Gasteiger partial charge >= 0.3 is 0 Å². The molecule has 0 radical (unpaired) electrons. The van der Waals surface area contributed by atoms with E-state index in [0.29, 0.717) is 0 Å². The van der Waals surface area contributed by atoms with Crippen LogP contribution in [-0.4, -0.2) is 11.2 Å². The van der Waals surface area contributed by atoms with Crippen LogP contribution in [0.4, 0.5) is 0 Å². The molecule has 0 aliphatic carbocycles. The first-order valence-electron chi connectivity index (χ1n) is 3.64. The van der Waals surface area contributed by atoms with E-state index >= 15 is 0 Å². The molecule has 0 unspecified atom stereocenters. The lowest BCUT2D eigenvalue weighted by molar-refractivity contribution is 0.118. The number of rotatable bonds is 2. The summed E-state index contributed by atoms with van der Waals surface area (Å²) in [6, 6.07) is 0. The summed E-state index contributed by atoms with van der Waals surface area (Å²) in [4.78, 5) is 0. The van der Waals surface area contributed by atoms with Crippen LogP contribution < -0.4 is 0 Å². The lowest BCUT2D eigenvalue weighted by Gasteiger charge is -2.20. The Hall–Kier alpha value is -0.0400. The van der Waals surface area contributed by atoms with Gasteiger partial charge in [0.1, 0.15) is 0 Å². The molecule has 9 heavy (non-hydrogen) atoms. The number of hydrogen-bond acceptors (Lipinski definition) is 1. The van der Waals surface area contributed by atoms with Gasteiger partial charge in [-0.3, -0.25) is 0 Å². The first-order chi connectivity index (χ1) is 3.95. The zero-order valence-electron chi connectivity index (χ0n) is 6.94. The van der Waals surface area contributed by atoms with E-state index in [9.17, 15) is 5.11 Å². The van der Waals surface area contributed by atoms with Crippen molar-refractivity contribution in [2.24, 2.45) is 5.41 Å². The van der Waals surface area contributed by atoms with Gasteiger partial charge in [0.05, 0.1) is 6.10 Å². The summed E-state index contributed by atoms with van der Waals surface area (Å²) in [5.41, 5.74) is 0.273. The monoisotopic (exact) mass is 130 g/mol. The summed E-state index contributed by atoms with van der Waals surface area (Å²) in [6.45, 7) is 8.44. The summed E-state index contributed by atoms with van der Waals surface area (Å²) in [6.07, 6.45) is 1.67. The van der Waals surface area contributed by atoms with E-state index in [4.69, 9.17) is 0 Å². The topological polar surface area (TPSA) is 20.2 Å². The molecule has 0 spiro atoms. The lowest BCUT2D eigenvalue weighted by atomic mass is 9.88. The third-order valence-electron chi connectivity index (χ3n) is 1.32. The van der Waals surface area contributed by atoms with Gasteiger partial charge in [-0.15, -0.1) is 0 Å². The maximum Gasteiger partial charge on any atom is 0.0542 e. The Bertz CT molecular complexity index is 71.1. The number of aliphatic hydroxyl groups excluding tert-OH is 1.